The highest BCUT2D eigenvalue weighted by atomic mass is 16.5. The van der Waals surface area contributed by atoms with E-state index in [-0.39, 0.29) is 17.7 Å². The predicted molar refractivity (Wildman–Crippen MR) is 104 cm³/mol. The van der Waals surface area contributed by atoms with Crippen LogP contribution < -0.4 is 5.32 Å². The van der Waals surface area contributed by atoms with Gasteiger partial charge in [-0.1, -0.05) is 42.5 Å². The maximum absolute atomic E-state index is 12.6. The molecule has 10 heteroatoms. The molecule has 1 heterocycles. The van der Waals surface area contributed by atoms with Crippen LogP contribution >= 0.6 is 0 Å². The zero-order chi connectivity index (χ0) is 21.3. The zero-order valence-electron chi connectivity index (χ0n) is 16.1. The Morgan fingerprint density at radius 3 is 2.50 bits per heavy atom. The average Bonchev–Trinajstić information content (AvgIpc) is 3.31. The Bertz CT molecular complexity index is 1010. The van der Waals surface area contributed by atoms with Gasteiger partial charge in [-0.15, -0.1) is 5.10 Å². The number of hydrogen-bond donors (Lipinski definition) is 1. The molecular formula is C20H19N5O5. The molecule has 154 valence electrons. The van der Waals surface area contributed by atoms with Crippen molar-refractivity contribution in [3.63, 3.8) is 0 Å². The molecule has 0 aliphatic carbocycles. The summed E-state index contributed by atoms with van der Waals surface area (Å²) in [6, 6.07) is 14.8. The lowest BCUT2D eigenvalue weighted by Gasteiger charge is -2.16. The van der Waals surface area contributed by atoms with Gasteiger partial charge in [-0.2, -0.15) is 0 Å². The topological polar surface area (TPSA) is 125 Å². The minimum absolute atomic E-state index is 0.190. The van der Waals surface area contributed by atoms with Crippen LogP contribution in [0.5, 0.6) is 0 Å². The van der Waals surface area contributed by atoms with Crippen LogP contribution in [-0.4, -0.2) is 51.8 Å². The highest BCUT2D eigenvalue weighted by molar-refractivity contribution is 6.01. The smallest absolute Gasteiger partial charge is 0.339 e. The molecule has 0 aliphatic rings. The van der Waals surface area contributed by atoms with Gasteiger partial charge in [0.25, 0.3) is 5.91 Å². The number of methoxy groups -OCH3 is 1. The van der Waals surface area contributed by atoms with Crippen LogP contribution in [0.4, 0.5) is 5.69 Å². The molecule has 0 fully saturated rings. The second kappa shape index (κ2) is 9.92. The van der Waals surface area contributed by atoms with E-state index in [1.807, 2.05) is 30.3 Å². The molecule has 1 N–H and O–H groups in total. The van der Waals surface area contributed by atoms with Crippen LogP contribution in [-0.2, 0) is 25.5 Å². The van der Waals surface area contributed by atoms with Crippen molar-refractivity contribution in [1.82, 2.24) is 20.2 Å². The highest BCUT2D eigenvalue weighted by Crippen LogP contribution is 2.17. The lowest BCUT2D eigenvalue weighted by molar-refractivity contribution is -0.151. The van der Waals surface area contributed by atoms with Crippen LogP contribution in [0.3, 0.4) is 0 Å². The SMILES string of the molecule is COC(=O)c1ccccc1NC(=O)COC(=O)[C@H](Cc1ccccc1)n1cnnn1. The van der Waals surface area contributed by atoms with Crippen molar-refractivity contribution in [1.29, 1.82) is 0 Å². The Morgan fingerprint density at radius 2 is 1.80 bits per heavy atom. The first-order valence-electron chi connectivity index (χ1n) is 8.98. The number of aromatic nitrogens is 4. The Hall–Kier alpha value is -4.08. The molecular weight excluding hydrogens is 390 g/mol. The normalized spacial score (nSPS) is 11.4. The first-order valence-corrected chi connectivity index (χ1v) is 8.98. The highest BCUT2D eigenvalue weighted by Gasteiger charge is 2.25. The molecule has 0 aliphatic heterocycles. The van der Waals surface area contributed by atoms with Gasteiger partial charge in [-0.25, -0.2) is 14.3 Å². The van der Waals surface area contributed by atoms with Gasteiger partial charge < -0.3 is 14.8 Å². The van der Waals surface area contributed by atoms with E-state index in [1.54, 1.807) is 18.2 Å². The summed E-state index contributed by atoms with van der Waals surface area (Å²) in [7, 11) is 1.24. The summed E-state index contributed by atoms with van der Waals surface area (Å²) in [6.45, 7) is -0.540. The minimum atomic E-state index is -0.836. The van der Waals surface area contributed by atoms with Gasteiger partial charge in [-0.05, 0) is 28.1 Å². The van der Waals surface area contributed by atoms with E-state index < -0.39 is 30.5 Å². The number of tetrazole rings is 1. The molecule has 0 spiro atoms. The fraction of sp³-hybridized carbons (Fsp3) is 0.200. The maximum Gasteiger partial charge on any atom is 0.339 e. The van der Waals surface area contributed by atoms with Crippen molar-refractivity contribution >= 4 is 23.5 Å². The van der Waals surface area contributed by atoms with Crippen LogP contribution in [0.15, 0.2) is 60.9 Å². The minimum Gasteiger partial charge on any atom is -0.465 e. The zero-order valence-corrected chi connectivity index (χ0v) is 16.1. The lowest BCUT2D eigenvalue weighted by Crippen LogP contribution is -2.28. The molecule has 3 aromatic rings. The van der Waals surface area contributed by atoms with Gasteiger partial charge in [0.05, 0.1) is 18.4 Å². The molecule has 1 atom stereocenters. The number of carbonyl (C=O) groups excluding carboxylic acids is 3. The summed E-state index contributed by atoms with van der Waals surface area (Å²) < 4.78 is 11.1. The van der Waals surface area contributed by atoms with Crippen molar-refractivity contribution < 1.29 is 23.9 Å². The third kappa shape index (κ3) is 5.25. The Labute approximate surface area is 171 Å². The number of amides is 1. The van der Waals surface area contributed by atoms with E-state index in [1.165, 1.54) is 24.2 Å². The Balaban J connectivity index is 1.64. The first-order chi connectivity index (χ1) is 14.6. The molecule has 10 nitrogen and oxygen atoms in total. The van der Waals surface area contributed by atoms with Crippen molar-refractivity contribution in [3.8, 4) is 0 Å². The van der Waals surface area contributed by atoms with Gasteiger partial charge >= 0.3 is 11.9 Å². The van der Waals surface area contributed by atoms with Gasteiger partial charge in [-0.3, -0.25) is 4.79 Å². The molecule has 2 aromatic carbocycles. The van der Waals surface area contributed by atoms with E-state index in [9.17, 15) is 14.4 Å². The standard InChI is InChI=1S/C20H19N5O5/c1-29-19(27)15-9-5-6-10-16(15)22-18(26)12-30-20(28)17(25-13-21-23-24-25)11-14-7-3-2-4-8-14/h2-10,13,17H,11-12H2,1H3,(H,22,26)/t17-/m0/s1. The van der Waals surface area contributed by atoms with Crippen LogP contribution in [0.1, 0.15) is 22.0 Å². The molecule has 1 amide bonds. The predicted octanol–water partition coefficient (Wildman–Crippen LogP) is 1.43. The maximum atomic E-state index is 12.6. The fourth-order valence-electron chi connectivity index (χ4n) is 2.73. The van der Waals surface area contributed by atoms with Crippen molar-refractivity contribution in [2.24, 2.45) is 0 Å². The molecule has 30 heavy (non-hydrogen) atoms. The quantitative estimate of drug-likeness (QED) is 0.554. The van der Waals surface area contributed by atoms with E-state index in [0.29, 0.717) is 0 Å². The van der Waals surface area contributed by atoms with E-state index in [4.69, 9.17) is 4.74 Å². The van der Waals surface area contributed by atoms with Crippen molar-refractivity contribution in [3.05, 3.63) is 72.1 Å². The summed E-state index contributed by atoms with van der Waals surface area (Å²) in [5.41, 5.74) is 1.33. The second-order valence-electron chi connectivity index (χ2n) is 6.19. The van der Waals surface area contributed by atoms with E-state index in [2.05, 4.69) is 25.6 Å². The number of nitrogens with one attached hydrogen (secondary N) is 1. The van der Waals surface area contributed by atoms with Crippen LogP contribution in [0, 0.1) is 0 Å². The van der Waals surface area contributed by atoms with Gasteiger partial charge in [0, 0.05) is 6.42 Å². The molecule has 0 unspecified atom stereocenters. The van der Waals surface area contributed by atoms with Gasteiger partial charge in [0.1, 0.15) is 6.33 Å². The number of esters is 2. The van der Waals surface area contributed by atoms with Crippen LogP contribution in [0.25, 0.3) is 0 Å². The number of ether oxygens (including phenoxy) is 2. The molecule has 3 rings (SSSR count). The largest absolute Gasteiger partial charge is 0.465 e. The monoisotopic (exact) mass is 409 g/mol. The Kier molecular flexibility index (Phi) is 6.83. The number of nitrogens with zero attached hydrogens (tertiary/aromatic N) is 4. The first kappa shape index (κ1) is 20.6. The number of hydrogen-bond acceptors (Lipinski definition) is 8. The van der Waals surface area contributed by atoms with Crippen molar-refractivity contribution in [2.75, 3.05) is 19.0 Å². The van der Waals surface area contributed by atoms with Gasteiger partial charge in [0.15, 0.2) is 12.6 Å². The van der Waals surface area contributed by atoms with Gasteiger partial charge in [0.2, 0.25) is 0 Å². The average molecular weight is 409 g/mol. The second-order valence-corrected chi connectivity index (χ2v) is 6.19. The molecule has 0 saturated carbocycles. The number of rotatable bonds is 8. The number of benzene rings is 2. The number of para-hydroxylation sites is 1. The summed E-state index contributed by atoms with van der Waals surface area (Å²) >= 11 is 0. The van der Waals surface area contributed by atoms with E-state index >= 15 is 0 Å². The van der Waals surface area contributed by atoms with E-state index in [0.717, 1.165) is 5.56 Å². The van der Waals surface area contributed by atoms with Crippen LogP contribution in [0.2, 0.25) is 0 Å². The third-order valence-corrected chi connectivity index (χ3v) is 4.18. The fourth-order valence-corrected chi connectivity index (χ4v) is 2.73. The number of anilines is 1. The summed E-state index contributed by atoms with van der Waals surface area (Å²) in [6.07, 6.45) is 1.60. The van der Waals surface area contributed by atoms with Crippen molar-refractivity contribution in [2.45, 2.75) is 12.5 Å². The Morgan fingerprint density at radius 1 is 1.07 bits per heavy atom. The summed E-state index contributed by atoms with van der Waals surface area (Å²) in [5.74, 6) is -1.86. The molecule has 1 aromatic heterocycles. The third-order valence-electron chi connectivity index (χ3n) is 4.18. The lowest BCUT2D eigenvalue weighted by atomic mass is 10.1. The molecule has 0 bridgehead atoms. The summed E-state index contributed by atoms with van der Waals surface area (Å²) in [5, 5.41) is 13.4. The molecule has 0 saturated heterocycles. The number of carbonyl (C=O) groups is 3. The molecule has 0 radical (unpaired) electrons. The summed E-state index contributed by atoms with van der Waals surface area (Å²) in [4.78, 5) is 36.7.